The second-order valence-electron chi connectivity index (χ2n) is 18.5. The third kappa shape index (κ3) is 9.12. The number of benzene rings is 3. The molecule has 0 amide bonds. The van der Waals surface area contributed by atoms with Gasteiger partial charge >= 0.3 is 0 Å². The van der Waals surface area contributed by atoms with Crippen molar-refractivity contribution >= 4 is 35.2 Å². The Kier molecular flexibility index (Phi) is 13.1. The normalized spacial score (nSPS) is 14.9. The molecule has 1 radical (unpaired) electrons. The summed E-state index contributed by atoms with van der Waals surface area (Å²) in [6, 6.07) is 28.5. The van der Waals surface area contributed by atoms with E-state index >= 15 is 0 Å². The van der Waals surface area contributed by atoms with Gasteiger partial charge in [-0.2, -0.15) is 31.0 Å². The van der Waals surface area contributed by atoms with Crippen LogP contribution in [0, 0.1) is 47.7 Å². The third-order valence-electron chi connectivity index (χ3n) is 13.1. The van der Waals surface area contributed by atoms with E-state index < -0.39 is 8.07 Å². The average Bonchev–Trinajstić information content (AvgIpc) is 3.86. The maximum absolute atomic E-state index is 6.31. The zero-order valence-electron chi connectivity index (χ0n) is 36.4. The van der Waals surface area contributed by atoms with Gasteiger partial charge in [0.05, 0.1) is 43.1 Å². The van der Waals surface area contributed by atoms with Crippen molar-refractivity contribution in [1.29, 1.82) is 0 Å². The molecule has 2 fully saturated rings. The summed E-state index contributed by atoms with van der Waals surface area (Å²) in [7, 11) is 7.18. The van der Waals surface area contributed by atoms with Crippen LogP contribution in [0.25, 0.3) is 55.7 Å². The van der Waals surface area contributed by atoms with E-state index in [9.17, 15) is 0 Å². The third-order valence-corrected chi connectivity index (χ3v) is 15.1. The number of rotatable bonds is 7. The number of hydrogen-bond acceptors (Lipinski definition) is 2. The summed E-state index contributed by atoms with van der Waals surface area (Å²) >= 11 is 0. The van der Waals surface area contributed by atoms with Gasteiger partial charge in [-0.25, -0.2) is 0 Å². The van der Waals surface area contributed by atoms with Crippen LogP contribution < -0.4 is 14.3 Å². The van der Waals surface area contributed by atoms with Gasteiger partial charge in [0.1, 0.15) is 5.58 Å². The number of aromatic nitrogens is 3. The monoisotopic (exact) mass is 988 g/mol. The van der Waals surface area contributed by atoms with Crippen molar-refractivity contribution in [3.05, 3.63) is 159 Å². The summed E-state index contributed by atoms with van der Waals surface area (Å²) in [5, 5.41) is 3.52. The molecular weight excluding hydrogens is 927 g/mol. The minimum Gasteiger partial charge on any atom is -0.469 e. The summed E-state index contributed by atoms with van der Waals surface area (Å²) in [6.45, 7) is 20.1. The van der Waals surface area contributed by atoms with Crippen molar-refractivity contribution in [2.45, 2.75) is 104 Å². The summed E-state index contributed by atoms with van der Waals surface area (Å²) in [5.74, 6) is 1.54. The molecule has 60 heavy (non-hydrogen) atoms. The van der Waals surface area contributed by atoms with Crippen molar-refractivity contribution in [2.75, 3.05) is 0 Å². The molecule has 0 saturated heterocycles. The largest absolute Gasteiger partial charge is 0.469 e. The van der Waals surface area contributed by atoms with E-state index in [0.29, 0.717) is 0 Å². The fraction of sp³-hybridized carbons (Fsp3) is 0.315. The molecule has 2 aliphatic rings. The van der Waals surface area contributed by atoms with Gasteiger partial charge in [-0.1, -0.05) is 124 Å². The molecule has 3 aromatic carbocycles. The van der Waals surface area contributed by atoms with Gasteiger partial charge in [-0.05, 0) is 56.1 Å². The predicted molar refractivity (Wildman–Crippen MR) is 249 cm³/mol. The van der Waals surface area contributed by atoms with Crippen LogP contribution in [0.5, 0.6) is 0 Å². The fourth-order valence-electron chi connectivity index (χ4n) is 9.62. The Balaban J connectivity index is 0.000000192. The molecule has 0 N–H and O–H groups in total. The number of nitrogens with zero attached hydrogens (tertiary/aromatic N) is 3. The van der Waals surface area contributed by atoms with Crippen molar-refractivity contribution in [2.24, 2.45) is 5.92 Å². The Bertz CT molecular complexity index is 2620. The molecule has 9 rings (SSSR count). The van der Waals surface area contributed by atoms with E-state index in [1.54, 1.807) is 0 Å². The number of furan rings is 1. The molecule has 0 unspecified atom stereocenters. The predicted octanol–water partition coefficient (Wildman–Crippen LogP) is 12.8. The summed E-state index contributed by atoms with van der Waals surface area (Å²) < 4.78 is 10.3. The van der Waals surface area contributed by atoms with E-state index in [4.69, 9.17) is 9.40 Å². The molecule has 7 aromatic rings. The minimum absolute atomic E-state index is 0. The number of aryl methyl sites for hydroxylation is 2. The molecule has 0 atom stereocenters. The van der Waals surface area contributed by atoms with Gasteiger partial charge in [-0.3, -0.25) is 4.98 Å². The zero-order chi connectivity index (χ0) is 41.4. The number of fused-ring (bicyclic) bond motifs is 3. The van der Waals surface area contributed by atoms with Crippen LogP contribution >= 0.6 is 0 Å². The molecule has 0 bridgehead atoms. The van der Waals surface area contributed by atoms with Crippen LogP contribution in [-0.2, 0) is 26.5 Å². The van der Waals surface area contributed by atoms with E-state index in [0.717, 1.165) is 74.0 Å². The molecule has 2 aliphatic carbocycles. The Morgan fingerprint density at radius 2 is 1.38 bits per heavy atom. The molecule has 4 aromatic heterocycles. The molecule has 6 heteroatoms. The molecule has 2 saturated carbocycles. The standard InChI is InChI=1S/C32H31N2O.C22H30NSi.Ir/c1-20-8-7-9-21(2)32(20)28-18-31-27(19-33-28)26-17-25(22(3)14-30(26)35-31)29-16-24(12-13-34(29)4)15-23-10-5-6-11-23;1-17-15-19(18-9-7-6-8-10-18)11-13-21(17)22-14-12-20(16-23(22)2)24(3,4)5;/h7-9,12-14,16-19,23H,3-6,10-11,15H2,1-2H3;11-16,18H,1-2,6-10H2,3-5H3;/q2*-1;. The second kappa shape index (κ2) is 18.1. The van der Waals surface area contributed by atoms with Crippen LogP contribution in [0.3, 0.4) is 0 Å². The van der Waals surface area contributed by atoms with Gasteiger partial charge in [-0.15, -0.1) is 34.9 Å². The quantitative estimate of drug-likeness (QED) is 0.0906. The van der Waals surface area contributed by atoms with Crippen LogP contribution in [0.1, 0.15) is 97.1 Å². The first-order valence-corrected chi connectivity index (χ1v) is 25.3. The van der Waals surface area contributed by atoms with E-state index in [1.807, 2.05) is 21.4 Å². The first-order valence-electron chi connectivity index (χ1n) is 21.8. The number of hydrogen-bond donors (Lipinski definition) is 0. The van der Waals surface area contributed by atoms with Crippen LogP contribution in [0.4, 0.5) is 0 Å². The van der Waals surface area contributed by atoms with E-state index in [-0.39, 0.29) is 20.1 Å². The first-order chi connectivity index (χ1) is 28.3. The molecule has 313 valence electrons. The number of pyridine rings is 3. The van der Waals surface area contributed by atoms with Gasteiger partial charge in [0.15, 0.2) is 0 Å². The Hall–Kier alpha value is -4.74. The van der Waals surface area contributed by atoms with Crippen molar-refractivity contribution in [3.8, 4) is 33.8 Å². The topological polar surface area (TPSA) is 33.8 Å². The summed E-state index contributed by atoms with van der Waals surface area (Å²) in [4.78, 5) is 4.84. The molecule has 4 heterocycles. The molecule has 0 aliphatic heterocycles. The second-order valence-corrected chi connectivity index (χ2v) is 23.5. The average molecular weight is 988 g/mol. The van der Waals surface area contributed by atoms with Crippen LogP contribution in [0.2, 0.25) is 19.6 Å². The fourth-order valence-corrected chi connectivity index (χ4v) is 10.7. The smallest absolute Gasteiger partial charge is 0.137 e. The summed E-state index contributed by atoms with van der Waals surface area (Å²) in [5.41, 5.74) is 15.7. The van der Waals surface area contributed by atoms with Crippen molar-refractivity contribution < 1.29 is 33.7 Å². The van der Waals surface area contributed by atoms with Gasteiger partial charge in [0.2, 0.25) is 0 Å². The van der Waals surface area contributed by atoms with Gasteiger partial charge in [0.25, 0.3) is 0 Å². The Morgan fingerprint density at radius 1 is 0.700 bits per heavy atom. The molecule has 4 nitrogen and oxygen atoms in total. The van der Waals surface area contributed by atoms with Crippen LogP contribution in [-0.4, -0.2) is 13.1 Å². The SMILES string of the molecule is [CH2-]c1cc(C2CCCCC2)ccc1-c1ccc([Si](C)(C)C)c[n+]1[CH2-].[CH2-]c1cc2oc3cc(-c4c(C)cccc4C)ncc3c2cc1-c1cc(CC2CCCC2)cc[n+]1[CH2-].[Ir]. The van der Waals surface area contributed by atoms with Crippen molar-refractivity contribution in [1.82, 2.24) is 4.98 Å². The van der Waals surface area contributed by atoms with E-state index in [1.165, 1.54) is 96.4 Å². The van der Waals surface area contributed by atoms with Crippen LogP contribution in [0.15, 0.2) is 102 Å². The molecular formula is C54H61IrN3OSi-2. The van der Waals surface area contributed by atoms with E-state index in [2.05, 4.69) is 147 Å². The maximum Gasteiger partial charge on any atom is 0.137 e. The van der Waals surface area contributed by atoms with Crippen molar-refractivity contribution in [3.63, 3.8) is 0 Å². The minimum atomic E-state index is -1.31. The maximum atomic E-state index is 6.31. The Morgan fingerprint density at radius 3 is 2.07 bits per heavy atom. The van der Waals surface area contributed by atoms with Gasteiger partial charge in [0, 0.05) is 62.8 Å². The van der Waals surface area contributed by atoms with Gasteiger partial charge < -0.3 is 13.6 Å². The summed E-state index contributed by atoms with van der Waals surface area (Å²) in [6.07, 6.45) is 19.6. The Labute approximate surface area is 373 Å². The molecule has 0 spiro atoms. The zero-order valence-corrected chi connectivity index (χ0v) is 39.8. The first kappa shape index (κ1) is 43.3.